The van der Waals surface area contributed by atoms with Crippen molar-refractivity contribution in [3.63, 3.8) is 0 Å². The van der Waals surface area contributed by atoms with Crippen LogP contribution in [0.15, 0.2) is 24.3 Å². The second-order valence-electron chi connectivity index (χ2n) is 6.56. The largest absolute Gasteiger partial charge is 0.393 e. The van der Waals surface area contributed by atoms with Gasteiger partial charge in [0.25, 0.3) is 0 Å². The number of hydrogen-bond donors (Lipinski definition) is 3. The molecule has 5 nitrogen and oxygen atoms in total. The summed E-state index contributed by atoms with van der Waals surface area (Å²) in [6.07, 6.45) is 4.21. The molecule has 0 radical (unpaired) electrons. The van der Waals surface area contributed by atoms with Gasteiger partial charge in [0.15, 0.2) is 5.82 Å². The summed E-state index contributed by atoms with van der Waals surface area (Å²) < 4.78 is 13.5. The molecule has 0 amide bonds. The molecular weight excluding hydrogens is 307 g/mol. The molecule has 2 aromatic rings. The van der Waals surface area contributed by atoms with Crippen LogP contribution in [-0.2, 0) is 6.42 Å². The molecule has 1 aliphatic carbocycles. The summed E-state index contributed by atoms with van der Waals surface area (Å²) in [5.74, 6) is 1.91. The average Bonchev–Trinajstić information content (AvgIpc) is 3.06. The van der Waals surface area contributed by atoms with E-state index in [0.29, 0.717) is 17.4 Å². The maximum Gasteiger partial charge on any atom is 0.163 e. The van der Waals surface area contributed by atoms with Crippen molar-refractivity contribution in [1.29, 1.82) is 0 Å². The lowest BCUT2D eigenvalue weighted by molar-refractivity contribution is 0.126. The van der Waals surface area contributed by atoms with Crippen LogP contribution in [0.5, 0.6) is 0 Å². The zero-order valence-corrected chi connectivity index (χ0v) is 13.4. The average molecular weight is 328 g/mol. The van der Waals surface area contributed by atoms with E-state index in [-0.39, 0.29) is 11.9 Å². The van der Waals surface area contributed by atoms with Crippen molar-refractivity contribution in [2.45, 2.75) is 44.2 Å². The van der Waals surface area contributed by atoms with Crippen molar-refractivity contribution in [2.24, 2.45) is 0 Å². The van der Waals surface area contributed by atoms with Crippen LogP contribution in [0.25, 0.3) is 11.4 Å². The fourth-order valence-corrected chi connectivity index (χ4v) is 3.46. The number of nitrogens with one attached hydrogen (secondary N) is 2. The topological polar surface area (TPSA) is 70.1 Å². The van der Waals surface area contributed by atoms with E-state index in [1.807, 2.05) is 6.07 Å². The number of aromatic nitrogens is 2. The molecule has 2 heterocycles. The summed E-state index contributed by atoms with van der Waals surface area (Å²) in [4.78, 5) is 9.24. The Labute approximate surface area is 140 Å². The highest BCUT2D eigenvalue weighted by Gasteiger charge is 2.24. The minimum atomic E-state index is -0.291. The molecule has 6 heteroatoms. The van der Waals surface area contributed by atoms with Gasteiger partial charge in [0.2, 0.25) is 0 Å². The Bertz CT molecular complexity index is 744. The highest BCUT2D eigenvalue weighted by molar-refractivity contribution is 5.68. The summed E-state index contributed by atoms with van der Waals surface area (Å²) in [6.45, 7) is 0.842. The molecule has 2 aliphatic rings. The number of benzene rings is 1. The van der Waals surface area contributed by atoms with Crippen molar-refractivity contribution in [1.82, 2.24) is 9.97 Å². The van der Waals surface area contributed by atoms with Crippen molar-refractivity contribution in [3.8, 4) is 11.4 Å². The quantitative estimate of drug-likeness (QED) is 0.808. The molecule has 1 aromatic heterocycles. The predicted molar refractivity (Wildman–Crippen MR) is 91.5 cm³/mol. The van der Waals surface area contributed by atoms with E-state index in [1.165, 1.54) is 12.1 Å². The molecule has 0 bridgehead atoms. The molecule has 3 N–H and O–H groups in total. The van der Waals surface area contributed by atoms with Gasteiger partial charge in [-0.15, -0.1) is 0 Å². The van der Waals surface area contributed by atoms with Crippen LogP contribution < -0.4 is 10.6 Å². The van der Waals surface area contributed by atoms with Gasteiger partial charge in [-0.25, -0.2) is 14.4 Å². The van der Waals surface area contributed by atoms with Crippen LogP contribution >= 0.6 is 0 Å². The summed E-state index contributed by atoms with van der Waals surface area (Å²) in [5.41, 5.74) is 1.77. The first-order valence-electron chi connectivity index (χ1n) is 8.54. The lowest BCUT2D eigenvalue weighted by Gasteiger charge is -2.27. The lowest BCUT2D eigenvalue weighted by Crippen LogP contribution is -2.29. The van der Waals surface area contributed by atoms with Crippen LogP contribution in [0.4, 0.5) is 16.0 Å². The Balaban J connectivity index is 1.66. The smallest absolute Gasteiger partial charge is 0.163 e. The molecule has 0 unspecified atom stereocenters. The molecule has 1 aromatic carbocycles. The second kappa shape index (κ2) is 6.36. The molecule has 0 saturated heterocycles. The van der Waals surface area contributed by atoms with E-state index in [2.05, 4.69) is 20.6 Å². The van der Waals surface area contributed by atoms with Crippen LogP contribution in [0.3, 0.4) is 0 Å². The maximum atomic E-state index is 13.5. The molecular formula is C18H21FN4O. The minimum absolute atomic E-state index is 0.177. The van der Waals surface area contributed by atoms with Gasteiger partial charge in [-0.1, -0.05) is 12.1 Å². The molecule has 1 fully saturated rings. The van der Waals surface area contributed by atoms with Gasteiger partial charge in [-0.2, -0.15) is 0 Å². The molecule has 4 rings (SSSR count). The van der Waals surface area contributed by atoms with Crippen LogP contribution in [0, 0.1) is 5.82 Å². The number of anilines is 2. The number of aliphatic hydroxyl groups is 1. The highest BCUT2D eigenvalue weighted by atomic mass is 19.1. The minimum Gasteiger partial charge on any atom is -0.393 e. The van der Waals surface area contributed by atoms with E-state index in [4.69, 9.17) is 0 Å². The molecule has 0 atom stereocenters. The van der Waals surface area contributed by atoms with E-state index in [1.54, 1.807) is 6.07 Å². The number of nitrogens with zero attached hydrogens (tertiary/aromatic N) is 2. The van der Waals surface area contributed by atoms with Gasteiger partial charge in [0.1, 0.15) is 17.5 Å². The molecule has 24 heavy (non-hydrogen) atoms. The molecule has 1 aliphatic heterocycles. The molecule has 0 spiro atoms. The van der Waals surface area contributed by atoms with Crippen molar-refractivity contribution >= 4 is 11.6 Å². The summed E-state index contributed by atoms with van der Waals surface area (Å²) in [6, 6.07) is 6.68. The van der Waals surface area contributed by atoms with E-state index in [9.17, 15) is 9.50 Å². The molecule has 1 saturated carbocycles. The number of hydrogen-bond acceptors (Lipinski definition) is 5. The van der Waals surface area contributed by atoms with E-state index >= 15 is 0 Å². The third-order valence-electron chi connectivity index (χ3n) is 4.79. The second-order valence-corrected chi connectivity index (χ2v) is 6.56. The van der Waals surface area contributed by atoms with Gasteiger partial charge in [-0.05, 0) is 44.2 Å². The summed E-state index contributed by atoms with van der Waals surface area (Å²) in [7, 11) is 0. The van der Waals surface area contributed by atoms with Crippen molar-refractivity contribution in [2.75, 3.05) is 17.2 Å². The Morgan fingerprint density at radius 1 is 1.17 bits per heavy atom. The van der Waals surface area contributed by atoms with Gasteiger partial charge < -0.3 is 15.7 Å². The van der Waals surface area contributed by atoms with Crippen molar-refractivity contribution in [3.05, 3.63) is 35.6 Å². The van der Waals surface area contributed by atoms with Crippen molar-refractivity contribution < 1.29 is 9.50 Å². The van der Waals surface area contributed by atoms with Crippen LogP contribution in [0.1, 0.15) is 31.2 Å². The number of halogens is 1. The first kappa shape index (κ1) is 15.3. The monoisotopic (exact) mass is 328 g/mol. The summed E-state index contributed by atoms with van der Waals surface area (Å²) >= 11 is 0. The lowest BCUT2D eigenvalue weighted by atomic mass is 9.93. The van der Waals surface area contributed by atoms with E-state index < -0.39 is 0 Å². The highest BCUT2D eigenvalue weighted by Crippen LogP contribution is 2.31. The Hall–Kier alpha value is -2.21. The Morgan fingerprint density at radius 2 is 2.00 bits per heavy atom. The van der Waals surface area contributed by atoms with E-state index in [0.717, 1.165) is 55.8 Å². The number of aliphatic hydroxyl groups excluding tert-OH is 1. The standard InChI is InChI=1S/C18H21FN4O/c19-12-3-1-2-11(10-12)16-22-17-15(8-9-20-17)18(23-16)21-13-4-6-14(24)7-5-13/h1-3,10,13-14,24H,4-9H2,(H2,20,21,22,23)/t13-,14-. The Kier molecular flexibility index (Phi) is 4.06. The number of rotatable bonds is 3. The van der Waals surface area contributed by atoms with Gasteiger partial charge in [-0.3, -0.25) is 0 Å². The molecule has 126 valence electrons. The zero-order chi connectivity index (χ0) is 16.5. The van der Waals surface area contributed by atoms with Crippen LogP contribution in [0.2, 0.25) is 0 Å². The fraction of sp³-hybridized carbons (Fsp3) is 0.444. The first-order valence-corrected chi connectivity index (χ1v) is 8.54. The number of fused-ring (bicyclic) bond motifs is 1. The normalized spacial score (nSPS) is 22.8. The first-order chi connectivity index (χ1) is 11.7. The van der Waals surface area contributed by atoms with Gasteiger partial charge >= 0.3 is 0 Å². The zero-order valence-electron chi connectivity index (χ0n) is 13.4. The fourth-order valence-electron chi connectivity index (χ4n) is 3.46. The van der Waals surface area contributed by atoms with Crippen LogP contribution in [-0.4, -0.2) is 33.8 Å². The maximum absolute atomic E-state index is 13.5. The van der Waals surface area contributed by atoms with Gasteiger partial charge in [0.05, 0.1) is 6.10 Å². The SMILES string of the molecule is O[C@H]1CC[C@H](Nc2nc(-c3cccc(F)c3)nc3c2CCN3)CC1. The predicted octanol–water partition coefficient (Wildman–Crippen LogP) is 2.97. The Morgan fingerprint density at radius 3 is 2.79 bits per heavy atom. The van der Waals surface area contributed by atoms with Gasteiger partial charge in [0, 0.05) is 23.7 Å². The summed E-state index contributed by atoms with van der Waals surface area (Å²) in [5, 5.41) is 16.5. The third kappa shape index (κ3) is 3.06. The third-order valence-corrected chi connectivity index (χ3v) is 4.79.